The summed E-state index contributed by atoms with van der Waals surface area (Å²) in [7, 11) is 0. The first-order chi connectivity index (χ1) is 2.89. The fourth-order valence-corrected chi connectivity index (χ4v) is 0.160. The average molecular weight is 87.1 g/mol. The number of nitrogens with zero attached hydrogens (tertiary/aromatic N) is 2. The summed E-state index contributed by atoms with van der Waals surface area (Å²) >= 11 is 0. The van der Waals surface area contributed by atoms with Crippen LogP contribution in [-0.2, 0) is 9.88 Å². The number of rotatable bonds is 0. The molecule has 1 heterocycles. The van der Waals surface area contributed by atoms with Crippen LogP contribution < -0.4 is 0 Å². The van der Waals surface area contributed by atoms with E-state index in [1.54, 1.807) is 0 Å². The Labute approximate surface area is 34.7 Å². The van der Waals surface area contributed by atoms with Gasteiger partial charge in [0.2, 0.25) is 6.23 Å². The first-order valence-corrected chi connectivity index (χ1v) is 1.45. The van der Waals surface area contributed by atoms with E-state index in [1.165, 1.54) is 0 Å². The topological polar surface area (TPSA) is 43.2 Å². The Bertz CT molecular complexity index is 71.9. The molecule has 0 aromatic carbocycles. The molecule has 33 valence electrons. The van der Waals surface area contributed by atoms with Crippen LogP contribution in [0.5, 0.6) is 0 Å². The lowest BCUT2D eigenvalue weighted by atomic mass is 10.7. The van der Waals surface area contributed by atoms with Gasteiger partial charge in [-0.1, -0.05) is 0 Å². The molecule has 0 aliphatic carbocycles. The molecule has 1 atom stereocenters. The van der Waals surface area contributed by atoms with E-state index >= 15 is 0 Å². The van der Waals surface area contributed by atoms with Crippen molar-refractivity contribution < 1.29 is 9.88 Å². The van der Waals surface area contributed by atoms with Crippen molar-refractivity contribution in [3.63, 3.8) is 0 Å². The first-order valence-electron chi connectivity index (χ1n) is 1.45. The van der Waals surface area contributed by atoms with E-state index in [0.29, 0.717) is 0 Å². The van der Waals surface area contributed by atoms with Crippen molar-refractivity contribution in [2.24, 2.45) is 10.4 Å². The summed E-state index contributed by atoms with van der Waals surface area (Å²) in [5.41, 5.74) is 0. The van der Waals surface area contributed by atoms with Crippen LogP contribution in [0.3, 0.4) is 0 Å². The fraction of sp³-hybridized carbons (Fsp3) is 0.500. The molecule has 0 amide bonds. The third kappa shape index (κ3) is 0.463. The summed E-state index contributed by atoms with van der Waals surface area (Å²) < 4.78 is 0. The molecule has 0 spiro atoms. The van der Waals surface area contributed by atoms with Crippen molar-refractivity contribution in [1.29, 1.82) is 0 Å². The second-order valence-corrected chi connectivity index (χ2v) is 0.823. The summed E-state index contributed by atoms with van der Waals surface area (Å²) in [6.45, 7) is 3.33. The van der Waals surface area contributed by atoms with E-state index in [-0.39, 0.29) is 0 Å². The lowest BCUT2D eigenvalue weighted by molar-refractivity contribution is -0.284. The van der Waals surface area contributed by atoms with Crippen LogP contribution in [0.1, 0.15) is 0 Å². The quantitative estimate of drug-likeness (QED) is 0.403. The molecule has 0 bridgehead atoms. The van der Waals surface area contributed by atoms with Crippen molar-refractivity contribution in [3.8, 4) is 0 Å². The van der Waals surface area contributed by atoms with Crippen LogP contribution in [0.4, 0.5) is 0 Å². The monoisotopic (exact) mass is 87.0 g/mol. The molecular weight excluding hydrogens is 84.0 g/mol. The van der Waals surface area contributed by atoms with E-state index in [2.05, 4.69) is 27.2 Å². The van der Waals surface area contributed by atoms with Gasteiger partial charge in [-0.15, -0.1) is 10.0 Å². The van der Waals surface area contributed by atoms with Gasteiger partial charge in [0.05, 0.1) is 5.28 Å². The Morgan fingerprint density at radius 2 is 2.50 bits per heavy atom. The normalized spacial score (nSPS) is 30.5. The third-order valence-electron chi connectivity index (χ3n) is 0.363. The van der Waals surface area contributed by atoms with Gasteiger partial charge in [0, 0.05) is 6.92 Å². The fourth-order valence-electron chi connectivity index (χ4n) is 0.160. The van der Waals surface area contributed by atoms with Gasteiger partial charge in [-0.2, -0.15) is 4.99 Å². The molecule has 1 aliphatic rings. The van der Waals surface area contributed by atoms with E-state index in [1.807, 2.05) is 0 Å². The smallest absolute Gasteiger partial charge is 0.198 e. The average Bonchev–Trinajstić information content (AvgIpc) is 1.86. The molecular formula is C2H3N2O2. The van der Waals surface area contributed by atoms with E-state index in [4.69, 9.17) is 0 Å². The van der Waals surface area contributed by atoms with E-state index in [0.717, 1.165) is 0 Å². The Morgan fingerprint density at radius 3 is 2.67 bits per heavy atom. The van der Waals surface area contributed by atoms with Crippen LogP contribution in [-0.4, -0.2) is 6.23 Å². The number of hydrogen-bond acceptors (Lipinski definition) is 4. The van der Waals surface area contributed by atoms with Crippen LogP contribution in [0.15, 0.2) is 10.4 Å². The summed E-state index contributed by atoms with van der Waals surface area (Å²) in [6.07, 6.45) is -0.468. The second kappa shape index (κ2) is 1.22. The lowest BCUT2D eigenvalue weighted by Crippen LogP contribution is -1.93. The molecule has 0 saturated heterocycles. The van der Waals surface area contributed by atoms with E-state index in [9.17, 15) is 0 Å². The van der Waals surface area contributed by atoms with Gasteiger partial charge in [0.25, 0.3) is 0 Å². The first kappa shape index (κ1) is 3.55. The van der Waals surface area contributed by atoms with Crippen molar-refractivity contribution in [2.75, 3.05) is 0 Å². The van der Waals surface area contributed by atoms with Crippen molar-refractivity contribution in [2.45, 2.75) is 6.23 Å². The van der Waals surface area contributed by atoms with Crippen LogP contribution in [0, 0.1) is 6.92 Å². The highest BCUT2D eigenvalue weighted by Gasteiger charge is 2.05. The van der Waals surface area contributed by atoms with E-state index < -0.39 is 6.23 Å². The SMILES string of the molecule is [CH2]C1N=NOO1. The third-order valence-corrected chi connectivity index (χ3v) is 0.363. The largest absolute Gasteiger partial charge is 0.220 e. The minimum absolute atomic E-state index is 0.468. The van der Waals surface area contributed by atoms with Crippen LogP contribution >= 0.6 is 0 Å². The van der Waals surface area contributed by atoms with Gasteiger partial charge in [-0.3, -0.25) is 0 Å². The van der Waals surface area contributed by atoms with Crippen LogP contribution in [0.25, 0.3) is 0 Å². The Balaban J connectivity index is 2.38. The molecule has 1 aliphatic heterocycles. The lowest BCUT2D eigenvalue weighted by Gasteiger charge is -1.84. The highest BCUT2D eigenvalue weighted by Crippen LogP contribution is 2.01. The van der Waals surface area contributed by atoms with Gasteiger partial charge in [-0.25, -0.2) is 0 Å². The zero-order valence-corrected chi connectivity index (χ0v) is 3.00. The summed E-state index contributed by atoms with van der Waals surface area (Å²) in [5.74, 6) is 0. The van der Waals surface area contributed by atoms with Gasteiger partial charge in [0.15, 0.2) is 0 Å². The van der Waals surface area contributed by atoms with Gasteiger partial charge < -0.3 is 0 Å². The summed E-state index contributed by atoms with van der Waals surface area (Å²) in [6, 6.07) is 0. The minimum atomic E-state index is -0.468. The maximum absolute atomic E-state index is 4.21. The molecule has 1 radical (unpaired) electrons. The highest BCUT2D eigenvalue weighted by molar-refractivity contribution is 4.48. The Morgan fingerprint density at radius 1 is 1.67 bits per heavy atom. The van der Waals surface area contributed by atoms with Gasteiger partial charge >= 0.3 is 0 Å². The standard InChI is InChI=1S/C2H3N2O2/c1-2-3-4-6-5-2/h2H,1H2. The molecule has 1 rings (SSSR count). The predicted octanol–water partition coefficient (Wildman–Crippen LogP) is 0.476. The zero-order chi connectivity index (χ0) is 4.41. The molecule has 0 aromatic heterocycles. The molecule has 6 heavy (non-hydrogen) atoms. The summed E-state index contributed by atoms with van der Waals surface area (Å²) in [4.78, 5) is 8.16. The molecule has 0 N–H and O–H groups in total. The molecule has 0 saturated carbocycles. The molecule has 0 fully saturated rings. The summed E-state index contributed by atoms with van der Waals surface area (Å²) in [5, 5.41) is 6.31. The van der Waals surface area contributed by atoms with Crippen molar-refractivity contribution in [3.05, 3.63) is 6.92 Å². The Kier molecular flexibility index (Phi) is 0.719. The predicted molar refractivity (Wildman–Crippen MR) is 16.2 cm³/mol. The highest BCUT2D eigenvalue weighted by atomic mass is 17.3. The van der Waals surface area contributed by atoms with Crippen LogP contribution in [0.2, 0.25) is 0 Å². The second-order valence-electron chi connectivity index (χ2n) is 0.823. The van der Waals surface area contributed by atoms with Crippen molar-refractivity contribution >= 4 is 0 Å². The number of hydrogen-bond donors (Lipinski definition) is 0. The van der Waals surface area contributed by atoms with Gasteiger partial charge in [0.1, 0.15) is 0 Å². The van der Waals surface area contributed by atoms with Crippen molar-refractivity contribution in [1.82, 2.24) is 0 Å². The molecule has 4 heteroatoms. The van der Waals surface area contributed by atoms with Gasteiger partial charge in [-0.05, 0) is 0 Å². The maximum Gasteiger partial charge on any atom is 0.220 e. The molecule has 1 unspecified atom stereocenters. The Hall–Kier alpha value is -0.640. The zero-order valence-electron chi connectivity index (χ0n) is 3.00. The minimum Gasteiger partial charge on any atom is -0.198 e. The molecule has 4 nitrogen and oxygen atoms in total. The maximum atomic E-state index is 4.21. The molecule has 0 aromatic rings.